The Balaban J connectivity index is 2.20. The van der Waals surface area contributed by atoms with Crippen LogP contribution in [0.4, 0.5) is 0 Å². The first kappa shape index (κ1) is 16.2. The molecular weight excluding hydrogens is 296 g/mol. The van der Waals surface area contributed by atoms with Crippen LogP contribution < -0.4 is 4.83 Å². The molecule has 0 amide bonds. The maximum absolute atomic E-state index is 12.1. The smallest absolute Gasteiger partial charge is 0.200 e. The molecule has 0 bridgehead atoms. The van der Waals surface area contributed by atoms with Crippen molar-refractivity contribution in [1.82, 2.24) is 4.83 Å². The van der Waals surface area contributed by atoms with Crippen molar-refractivity contribution in [2.24, 2.45) is 5.10 Å². The predicted molar refractivity (Wildman–Crippen MR) is 89.7 cm³/mol. The number of hydrogen-bond donors (Lipinski definition) is 1. The highest BCUT2D eigenvalue weighted by Crippen LogP contribution is 2.14. The van der Waals surface area contributed by atoms with Crippen LogP contribution in [0.1, 0.15) is 27.8 Å². The van der Waals surface area contributed by atoms with E-state index in [-0.39, 0.29) is 4.90 Å². The van der Waals surface area contributed by atoms with E-state index >= 15 is 0 Å². The molecule has 22 heavy (non-hydrogen) atoms. The summed E-state index contributed by atoms with van der Waals surface area (Å²) in [6.07, 6.45) is 1.55. The third-order valence-electron chi connectivity index (χ3n) is 3.44. The van der Waals surface area contributed by atoms with E-state index in [0.29, 0.717) is 0 Å². The largest absolute Gasteiger partial charge is 0.276 e. The Morgan fingerprint density at radius 2 is 1.45 bits per heavy atom. The van der Waals surface area contributed by atoms with Gasteiger partial charge in [-0.15, -0.1) is 0 Å². The normalized spacial score (nSPS) is 11.8. The molecule has 0 saturated carbocycles. The summed E-state index contributed by atoms with van der Waals surface area (Å²) in [6, 6.07) is 10.7. The highest BCUT2D eigenvalue weighted by molar-refractivity contribution is 7.89. The minimum Gasteiger partial charge on any atom is -0.200 e. The van der Waals surface area contributed by atoms with Crippen LogP contribution >= 0.6 is 0 Å². The van der Waals surface area contributed by atoms with Crippen LogP contribution in [-0.2, 0) is 10.0 Å². The molecule has 4 nitrogen and oxygen atoms in total. The van der Waals surface area contributed by atoms with Crippen LogP contribution in [0.2, 0.25) is 0 Å². The molecule has 0 aliphatic carbocycles. The fraction of sp³-hybridized carbons (Fsp3) is 0.235. The molecular formula is C17H20N2O2S. The van der Waals surface area contributed by atoms with Crippen molar-refractivity contribution in [3.05, 3.63) is 64.2 Å². The predicted octanol–water partition coefficient (Wildman–Crippen LogP) is 3.23. The number of nitrogens with one attached hydrogen (secondary N) is 1. The third-order valence-corrected chi connectivity index (χ3v) is 4.67. The second-order valence-electron chi connectivity index (χ2n) is 5.48. The Morgan fingerprint density at radius 1 is 0.909 bits per heavy atom. The van der Waals surface area contributed by atoms with Crippen molar-refractivity contribution in [2.45, 2.75) is 32.6 Å². The van der Waals surface area contributed by atoms with Crippen LogP contribution in [0.3, 0.4) is 0 Å². The SMILES string of the molecule is Cc1ccc(S(=O)(=O)NN=Cc2c(C)cc(C)cc2C)cc1. The van der Waals surface area contributed by atoms with Gasteiger partial charge in [0.05, 0.1) is 11.1 Å². The third kappa shape index (κ3) is 3.74. The molecule has 0 saturated heterocycles. The average molecular weight is 316 g/mol. The first-order valence-electron chi connectivity index (χ1n) is 6.99. The highest BCUT2D eigenvalue weighted by atomic mass is 32.2. The minimum absolute atomic E-state index is 0.201. The number of aryl methyl sites for hydroxylation is 4. The van der Waals surface area contributed by atoms with Crippen molar-refractivity contribution >= 4 is 16.2 Å². The van der Waals surface area contributed by atoms with Gasteiger partial charge in [-0.25, -0.2) is 4.83 Å². The Kier molecular flexibility index (Phi) is 4.66. The van der Waals surface area contributed by atoms with Crippen LogP contribution in [0.5, 0.6) is 0 Å². The Hall–Kier alpha value is -2.14. The van der Waals surface area contributed by atoms with E-state index in [2.05, 4.69) is 9.93 Å². The Labute approximate surface area is 131 Å². The number of benzene rings is 2. The van der Waals surface area contributed by atoms with Gasteiger partial charge in [0.2, 0.25) is 0 Å². The molecule has 116 valence electrons. The van der Waals surface area contributed by atoms with E-state index in [1.807, 2.05) is 39.8 Å². The van der Waals surface area contributed by atoms with Crippen LogP contribution in [0.25, 0.3) is 0 Å². The molecule has 2 aromatic rings. The second-order valence-corrected chi connectivity index (χ2v) is 7.14. The maximum Gasteiger partial charge on any atom is 0.276 e. The van der Waals surface area contributed by atoms with Gasteiger partial charge in [-0.2, -0.15) is 13.5 Å². The number of nitrogens with zero attached hydrogens (tertiary/aromatic N) is 1. The molecule has 0 fully saturated rings. The van der Waals surface area contributed by atoms with Crippen molar-refractivity contribution in [3.63, 3.8) is 0 Å². The molecule has 0 heterocycles. The minimum atomic E-state index is -3.63. The van der Waals surface area contributed by atoms with Gasteiger partial charge in [-0.1, -0.05) is 35.4 Å². The molecule has 1 N–H and O–H groups in total. The number of hydrazone groups is 1. The van der Waals surface area contributed by atoms with Gasteiger partial charge in [-0.05, 0) is 51.0 Å². The van der Waals surface area contributed by atoms with Crippen LogP contribution in [0.15, 0.2) is 46.4 Å². The zero-order valence-electron chi connectivity index (χ0n) is 13.2. The van der Waals surface area contributed by atoms with Crippen molar-refractivity contribution in [2.75, 3.05) is 0 Å². The summed E-state index contributed by atoms with van der Waals surface area (Å²) in [7, 11) is -3.63. The zero-order chi connectivity index (χ0) is 16.3. The molecule has 0 aliphatic rings. The lowest BCUT2D eigenvalue weighted by molar-refractivity contribution is 0.584. The summed E-state index contributed by atoms with van der Waals surface area (Å²) < 4.78 is 24.3. The molecule has 5 heteroatoms. The fourth-order valence-electron chi connectivity index (χ4n) is 2.33. The summed E-state index contributed by atoms with van der Waals surface area (Å²) >= 11 is 0. The van der Waals surface area contributed by atoms with Crippen LogP contribution in [0, 0.1) is 27.7 Å². The van der Waals surface area contributed by atoms with E-state index in [1.54, 1.807) is 30.5 Å². The molecule has 2 rings (SSSR count). The van der Waals surface area contributed by atoms with Gasteiger partial charge in [0.1, 0.15) is 0 Å². The van der Waals surface area contributed by atoms with E-state index in [0.717, 1.165) is 22.3 Å². The summed E-state index contributed by atoms with van der Waals surface area (Å²) in [5, 5.41) is 3.90. The molecule has 2 aromatic carbocycles. The van der Waals surface area contributed by atoms with E-state index in [4.69, 9.17) is 0 Å². The topological polar surface area (TPSA) is 58.5 Å². The molecule has 0 aromatic heterocycles. The zero-order valence-corrected chi connectivity index (χ0v) is 14.0. The summed E-state index contributed by atoms with van der Waals surface area (Å²) in [5.41, 5.74) is 5.24. The highest BCUT2D eigenvalue weighted by Gasteiger charge is 2.12. The summed E-state index contributed by atoms with van der Waals surface area (Å²) in [4.78, 5) is 2.46. The van der Waals surface area contributed by atoms with Crippen molar-refractivity contribution < 1.29 is 8.42 Å². The van der Waals surface area contributed by atoms with E-state index < -0.39 is 10.0 Å². The van der Waals surface area contributed by atoms with Gasteiger partial charge >= 0.3 is 0 Å². The lowest BCUT2D eigenvalue weighted by Crippen LogP contribution is -2.18. The number of rotatable bonds is 4. The Morgan fingerprint density at radius 3 is 2.00 bits per heavy atom. The quantitative estimate of drug-likeness (QED) is 0.695. The monoisotopic (exact) mass is 316 g/mol. The average Bonchev–Trinajstić information content (AvgIpc) is 2.42. The lowest BCUT2D eigenvalue weighted by atomic mass is 10.0. The van der Waals surface area contributed by atoms with Crippen molar-refractivity contribution in [1.29, 1.82) is 0 Å². The van der Waals surface area contributed by atoms with Gasteiger partial charge in [0.25, 0.3) is 10.0 Å². The second kappa shape index (κ2) is 6.32. The summed E-state index contributed by atoms with van der Waals surface area (Å²) in [6.45, 7) is 7.90. The van der Waals surface area contributed by atoms with Gasteiger partial charge in [0.15, 0.2) is 0 Å². The summed E-state index contributed by atoms with van der Waals surface area (Å²) in [5.74, 6) is 0. The van der Waals surface area contributed by atoms with E-state index in [9.17, 15) is 8.42 Å². The molecule has 0 spiro atoms. The van der Waals surface area contributed by atoms with E-state index in [1.165, 1.54) is 5.56 Å². The standard InChI is InChI=1S/C17H20N2O2S/c1-12-5-7-16(8-6-12)22(20,21)19-18-11-17-14(3)9-13(2)10-15(17)4/h5-11,19H,1-4H3. The molecule has 0 radical (unpaired) electrons. The van der Waals surface area contributed by atoms with Gasteiger partial charge in [-0.3, -0.25) is 0 Å². The Bertz CT molecular complexity index is 784. The maximum atomic E-state index is 12.1. The number of sulfonamides is 1. The fourth-order valence-corrected chi connectivity index (χ4v) is 3.12. The molecule has 0 atom stereocenters. The lowest BCUT2D eigenvalue weighted by Gasteiger charge is -2.07. The van der Waals surface area contributed by atoms with Crippen LogP contribution in [-0.4, -0.2) is 14.6 Å². The molecule has 0 unspecified atom stereocenters. The first-order valence-corrected chi connectivity index (χ1v) is 8.47. The molecule has 0 aliphatic heterocycles. The van der Waals surface area contributed by atoms with Gasteiger partial charge < -0.3 is 0 Å². The first-order chi connectivity index (χ1) is 10.3. The van der Waals surface area contributed by atoms with Crippen molar-refractivity contribution in [3.8, 4) is 0 Å². The number of hydrogen-bond acceptors (Lipinski definition) is 3. The van der Waals surface area contributed by atoms with Gasteiger partial charge in [0, 0.05) is 5.56 Å².